The van der Waals surface area contributed by atoms with Crippen LogP contribution in [-0.2, 0) is 0 Å². The van der Waals surface area contributed by atoms with Crippen LogP contribution in [0, 0.1) is 5.82 Å². The molecule has 1 rings (SSSR count). The van der Waals surface area contributed by atoms with Crippen molar-refractivity contribution in [3.63, 3.8) is 0 Å². The topological polar surface area (TPSA) is 17.1 Å². The fourth-order valence-electron chi connectivity index (χ4n) is 1.12. The zero-order chi connectivity index (χ0) is 11.4. The Labute approximate surface area is 97.1 Å². The van der Waals surface area contributed by atoms with Crippen molar-refractivity contribution in [2.75, 3.05) is 0 Å². The molecule has 0 radical (unpaired) electrons. The van der Waals surface area contributed by atoms with Crippen molar-refractivity contribution < 1.29 is 9.18 Å². The normalized spacial score (nSPS) is 10.1. The SMILES string of the molecule is C=C(CC)CC(=O)c1ccc(Br)c(F)c1. The number of Topliss-reactive ketones (excluding diaryl/α,β-unsaturated/α-hetero) is 1. The van der Waals surface area contributed by atoms with Gasteiger partial charge in [-0.1, -0.05) is 25.1 Å². The van der Waals surface area contributed by atoms with Crippen LogP contribution >= 0.6 is 15.9 Å². The van der Waals surface area contributed by atoms with Gasteiger partial charge in [0.1, 0.15) is 5.82 Å². The highest BCUT2D eigenvalue weighted by Gasteiger charge is 2.09. The Bertz CT molecular complexity index is 399. The van der Waals surface area contributed by atoms with Gasteiger partial charge in [0, 0.05) is 12.0 Å². The van der Waals surface area contributed by atoms with Crippen LogP contribution in [0.25, 0.3) is 0 Å². The van der Waals surface area contributed by atoms with Crippen LogP contribution in [0.1, 0.15) is 30.1 Å². The van der Waals surface area contributed by atoms with Crippen LogP contribution in [-0.4, -0.2) is 5.78 Å². The molecular weight excluding hydrogens is 259 g/mol. The molecule has 0 N–H and O–H groups in total. The number of hydrogen-bond donors (Lipinski definition) is 0. The molecule has 0 saturated carbocycles. The summed E-state index contributed by atoms with van der Waals surface area (Å²) < 4.78 is 13.5. The number of carbonyl (C=O) groups is 1. The van der Waals surface area contributed by atoms with Gasteiger partial charge >= 0.3 is 0 Å². The van der Waals surface area contributed by atoms with E-state index in [4.69, 9.17) is 0 Å². The fraction of sp³-hybridized carbons (Fsp3) is 0.250. The highest BCUT2D eigenvalue weighted by atomic mass is 79.9. The summed E-state index contributed by atoms with van der Waals surface area (Å²) in [5.74, 6) is -0.504. The molecule has 0 atom stereocenters. The Hall–Kier alpha value is -0.960. The number of allylic oxidation sites excluding steroid dienone is 1. The van der Waals surface area contributed by atoms with Gasteiger partial charge in [-0.15, -0.1) is 0 Å². The molecule has 0 unspecified atom stereocenters. The minimum Gasteiger partial charge on any atom is -0.294 e. The van der Waals surface area contributed by atoms with Gasteiger partial charge in [0.05, 0.1) is 4.47 Å². The summed E-state index contributed by atoms with van der Waals surface area (Å²) in [4.78, 5) is 11.6. The average molecular weight is 271 g/mol. The molecule has 0 amide bonds. The Morgan fingerprint density at radius 3 is 2.73 bits per heavy atom. The third-order valence-corrected chi connectivity index (χ3v) is 2.80. The number of halogens is 2. The molecule has 0 bridgehead atoms. The van der Waals surface area contributed by atoms with Crippen LogP contribution in [0.15, 0.2) is 34.8 Å². The number of carbonyl (C=O) groups excluding carboxylic acids is 1. The van der Waals surface area contributed by atoms with E-state index in [0.717, 1.165) is 12.0 Å². The van der Waals surface area contributed by atoms with Gasteiger partial charge in [-0.25, -0.2) is 4.39 Å². The van der Waals surface area contributed by atoms with Gasteiger partial charge in [-0.3, -0.25) is 4.79 Å². The predicted molar refractivity (Wildman–Crippen MR) is 62.5 cm³/mol. The molecule has 3 heteroatoms. The third-order valence-electron chi connectivity index (χ3n) is 2.15. The van der Waals surface area contributed by atoms with Crippen LogP contribution in [0.5, 0.6) is 0 Å². The first-order valence-electron chi connectivity index (χ1n) is 4.69. The van der Waals surface area contributed by atoms with Crippen molar-refractivity contribution in [3.05, 3.63) is 46.2 Å². The van der Waals surface area contributed by atoms with Gasteiger partial charge in [-0.05, 0) is 34.5 Å². The van der Waals surface area contributed by atoms with E-state index >= 15 is 0 Å². The average Bonchev–Trinajstić information content (AvgIpc) is 2.21. The molecule has 1 nitrogen and oxygen atoms in total. The molecule has 0 aliphatic rings. The minimum absolute atomic E-state index is 0.0896. The van der Waals surface area contributed by atoms with Gasteiger partial charge in [0.2, 0.25) is 0 Å². The maximum atomic E-state index is 13.1. The predicted octanol–water partition coefficient (Wildman–Crippen LogP) is 4.13. The summed E-state index contributed by atoms with van der Waals surface area (Å²) in [7, 11) is 0. The van der Waals surface area contributed by atoms with E-state index in [1.165, 1.54) is 12.1 Å². The van der Waals surface area contributed by atoms with Crippen molar-refractivity contribution in [1.29, 1.82) is 0 Å². The molecule has 1 aromatic carbocycles. The van der Waals surface area contributed by atoms with E-state index in [9.17, 15) is 9.18 Å². The fourth-order valence-corrected chi connectivity index (χ4v) is 1.37. The second kappa shape index (κ2) is 5.21. The van der Waals surface area contributed by atoms with Crippen LogP contribution in [0.4, 0.5) is 4.39 Å². The van der Waals surface area contributed by atoms with E-state index in [-0.39, 0.29) is 12.2 Å². The summed E-state index contributed by atoms with van der Waals surface area (Å²) in [6.45, 7) is 5.70. The van der Waals surface area contributed by atoms with E-state index in [0.29, 0.717) is 10.0 Å². The van der Waals surface area contributed by atoms with Crippen LogP contribution in [0.2, 0.25) is 0 Å². The maximum Gasteiger partial charge on any atom is 0.166 e. The lowest BCUT2D eigenvalue weighted by Crippen LogP contribution is -2.00. The molecule has 0 aliphatic carbocycles. The summed E-state index contributed by atoms with van der Waals surface area (Å²) in [6.07, 6.45) is 1.06. The number of hydrogen-bond acceptors (Lipinski definition) is 1. The first-order valence-corrected chi connectivity index (χ1v) is 5.48. The standard InChI is InChI=1S/C12H12BrFO/c1-3-8(2)6-12(15)9-4-5-10(13)11(14)7-9/h4-5,7H,2-3,6H2,1H3. The number of ketones is 1. The zero-order valence-corrected chi connectivity index (χ0v) is 10.1. The molecule has 0 saturated heterocycles. The van der Waals surface area contributed by atoms with Crippen molar-refractivity contribution >= 4 is 21.7 Å². The van der Waals surface area contributed by atoms with Crippen LogP contribution < -0.4 is 0 Å². The summed E-state index contributed by atoms with van der Waals surface area (Å²) in [5, 5.41) is 0. The zero-order valence-electron chi connectivity index (χ0n) is 8.52. The second-order valence-electron chi connectivity index (χ2n) is 3.33. The van der Waals surface area contributed by atoms with Crippen molar-refractivity contribution in [3.8, 4) is 0 Å². The number of benzene rings is 1. The molecule has 0 heterocycles. The largest absolute Gasteiger partial charge is 0.294 e. The Morgan fingerprint density at radius 2 is 2.20 bits per heavy atom. The molecular formula is C12H12BrFO. The summed E-state index contributed by atoms with van der Waals surface area (Å²) in [5.41, 5.74) is 1.26. The lowest BCUT2D eigenvalue weighted by atomic mass is 10.0. The van der Waals surface area contributed by atoms with Gasteiger partial charge < -0.3 is 0 Å². The molecule has 0 aromatic heterocycles. The molecule has 0 spiro atoms. The third kappa shape index (κ3) is 3.27. The first-order chi connectivity index (χ1) is 7.04. The van der Waals surface area contributed by atoms with Gasteiger partial charge in [-0.2, -0.15) is 0 Å². The van der Waals surface area contributed by atoms with Crippen molar-refractivity contribution in [2.45, 2.75) is 19.8 Å². The molecule has 80 valence electrons. The van der Waals surface area contributed by atoms with Gasteiger partial charge in [0.25, 0.3) is 0 Å². The van der Waals surface area contributed by atoms with Crippen molar-refractivity contribution in [2.24, 2.45) is 0 Å². The van der Waals surface area contributed by atoms with Crippen molar-refractivity contribution in [1.82, 2.24) is 0 Å². The first kappa shape index (κ1) is 12.1. The Kier molecular flexibility index (Phi) is 4.21. The minimum atomic E-state index is -0.414. The van der Waals surface area contributed by atoms with E-state index in [2.05, 4.69) is 22.5 Å². The molecule has 0 aliphatic heterocycles. The highest BCUT2D eigenvalue weighted by Crippen LogP contribution is 2.18. The van der Waals surface area contributed by atoms with Gasteiger partial charge in [0.15, 0.2) is 5.78 Å². The lowest BCUT2D eigenvalue weighted by molar-refractivity contribution is 0.0992. The quantitative estimate of drug-likeness (QED) is 0.594. The maximum absolute atomic E-state index is 13.1. The molecule has 15 heavy (non-hydrogen) atoms. The van der Waals surface area contributed by atoms with E-state index in [1.807, 2.05) is 6.92 Å². The van der Waals surface area contributed by atoms with Crippen LogP contribution in [0.3, 0.4) is 0 Å². The Morgan fingerprint density at radius 1 is 1.53 bits per heavy atom. The van der Waals surface area contributed by atoms with E-state index in [1.54, 1.807) is 6.07 Å². The second-order valence-corrected chi connectivity index (χ2v) is 4.19. The monoisotopic (exact) mass is 270 g/mol. The lowest BCUT2D eigenvalue weighted by Gasteiger charge is -2.03. The molecule has 1 aromatic rings. The number of rotatable bonds is 4. The summed E-state index contributed by atoms with van der Waals surface area (Å²) >= 11 is 3.04. The molecule has 0 fully saturated rings. The Balaban J connectivity index is 2.83. The highest BCUT2D eigenvalue weighted by molar-refractivity contribution is 9.10. The summed E-state index contributed by atoms with van der Waals surface area (Å²) in [6, 6.07) is 4.39. The smallest absolute Gasteiger partial charge is 0.166 e. The van der Waals surface area contributed by atoms with E-state index < -0.39 is 5.82 Å².